The highest BCUT2D eigenvalue weighted by Gasteiger charge is 2.16. The zero-order valence-corrected chi connectivity index (χ0v) is 17.2. The Bertz CT molecular complexity index is 951. The number of hydrogen-bond donors (Lipinski definition) is 1. The Labute approximate surface area is 170 Å². The summed E-state index contributed by atoms with van der Waals surface area (Å²) < 4.78 is 48.2. The fraction of sp³-hybridized carbons (Fsp3) is 0.273. The highest BCUT2D eigenvalue weighted by atomic mass is 32.2. The van der Waals surface area contributed by atoms with Crippen molar-refractivity contribution in [3.63, 3.8) is 0 Å². The molecule has 6 heteroatoms. The van der Waals surface area contributed by atoms with Crippen molar-refractivity contribution in [2.45, 2.75) is 32.4 Å². The summed E-state index contributed by atoms with van der Waals surface area (Å²) in [6.45, 7) is 2.01. The van der Waals surface area contributed by atoms with Crippen molar-refractivity contribution in [1.29, 1.82) is 0 Å². The van der Waals surface area contributed by atoms with Crippen LogP contribution in [0.2, 0.25) is 0 Å². The van der Waals surface area contributed by atoms with Crippen LogP contribution in [-0.4, -0.2) is 14.5 Å². The normalized spacial score (nSPS) is 13.4. The average molecular weight is 421 g/mol. The molecule has 3 rings (SSSR count). The van der Waals surface area contributed by atoms with E-state index in [1.165, 1.54) is 12.1 Å². The molecule has 0 fully saturated rings. The minimum absolute atomic E-state index is 0.104. The van der Waals surface area contributed by atoms with Gasteiger partial charge in [-0.2, -0.15) is 0 Å². The van der Waals surface area contributed by atoms with Gasteiger partial charge < -0.3 is 4.55 Å². The van der Waals surface area contributed by atoms with Gasteiger partial charge in [0.15, 0.2) is 11.1 Å². The predicted molar refractivity (Wildman–Crippen MR) is 112 cm³/mol. The first-order chi connectivity index (χ1) is 13.4. The third-order valence-electron chi connectivity index (χ3n) is 4.60. The topological polar surface area (TPSA) is 37.3 Å². The van der Waals surface area contributed by atoms with Gasteiger partial charge in [0, 0.05) is 21.9 Å². The van der Waals surface area contributed by atoms with E-state index in [-0.39, 0.29) is 18.0 Å². The fourth-order valence-corrected chi connectivity index (χ4v) is 4.47. The molecule has 0 spiro atoms. The molecule has 0 saturated carbocycles. The van der Waals surface area contributed by atoms with Gasteiger partial charge in [-0.3, -0.25) is 0 Å². The second-order valence-electron chi connectivity index (χ2n) is 6.75. The highest BCUT2D eigenvalue weighted by molar-refractivity contribution is 7.79. The molecule has 148 valence electrons. The van der Waals surface area contributed by atoms with E-state index in [4.69, 9.17) is 4.55 Å². The maximum Gasteiger partial charge on any atom is 0.152 e. The second-order valence-corrected chi connectivity index (χ2v) is 9.09. The molecular formula is C22H22F2O2S2. The minimum atomic E-state index is -1.78. The van der Waals surface area contributed by atoms with Crippen molar-refractivity contribution in [2.24, 2.45) is 0 Å². The van der Waals surface area contributed by atoms with Crippen molar-refractivity contribution in [3.8, 4) is 10.4 Å². The highest BCUT2D eigenvalue weighted by Crippen LogP contribution is 2.34. The zero-order valence-electron chi connectivity index (χ0n) is 15.5. The van der Waals surface area contributed by atoms with Gasteiger partial charge in [0.05, 0.1) is 0 Å². The summed E-state index contributed by atoms with van der Waals surface area (Å²) in [5.74, 6) is -0.131. The molecular weight excluding hydrogens is 398 g/mol. The Morgan fingerprint density at radius 3 is 2.50 bits per heavy atom. The molecule has 0 radical (unpaired) electrons. The fourth-order valence-electron chi connectivity index (χ4n) is 3.15. The van der Waals surface area contributed by atoms with E-state index in [0.29, 0.717) is 24.0 Å². The molecule has 0 aliphatic rings. The average Bonchev–Trinajstić information content (AvgIpc) is 3.08. The van der Waals surface area contributed by atoms with Crippen LogP contribution in [0.25, 0.3) is 10.4 Å². The van der Waals surface area contributed by atoms with Crippen LogP contribution in [0.4, 0.5) is 8.78 Å². The summed E-state index contributed by atoms with van der Waals surface area (Å²) in [5, 5.41) is 0. The molecule has 2 nitrogen and oxygen atoms in total. The van der Waals surface area contributed by atoms with Crippen LogP contribution in [0.15, 0.2) is 54.6 Å². The molecule has 2 unspecified atom stereocenters. The van der Waals surface area contributed by atoms with Crippen LogP contribution in [0.1, 0.15) is 34.2 Å². The molecule has 3 aromatic rings. The number of aryl methyl sites for hydroxylation is 2. The van der Waals surface area contributed by atoms with Crippen LogP contribution < -0.4 is 0 Å². The summed E-state index contributed by atoms with van der Waals surface area (Å²) >= 11 is -0.171. The standard InChI is InChI=1S/C22H22F2O2S2/c1-15-4-11-22(27-15)20-10-9-19(23)13-18(20)14-21(24)17-7-5-16(6-8-17)3-2-12-28(25)26/h4-11,13,21H,2-3,12,14H2,1H3,(H,25,26). The van der Waals surface area contributed by atoms with Crippen LogP contribution in [-0.2, 0) is 23.9 Å². The number of rotatable bonds is 8. The lowest BCUT2D eigenvalue weighted by Gasteiger charge is -2.13. The quantitative estimate of drug-likeness (QED) is 0.436. The summed E-state index contributed by atoms with van der Waals surface area (Å²) in [7, 11) is 0. The van der Waals surface area contributed by atoms with Gasteiger partial charge in [-0.1, -0.05) is 30.3 Å². The number of halogens is 2. The van der Waals surface area contributed by atoms with Gasteiger partial charge in [-0.25, -0.2) is 13.0 Å². The maximum atomic E-state index is 15.0. The number of alkyl halides is 1. The minimum Gasteiger partial charge on any atom is -0.306 e. The molecule has 0 amide bonds. The lowest BCUT2D eigenvalue weighted by molar-refractivity contribution is 0.342. The predicted octanol–water partition coefficient (Wildman–Crippen LogP) is 6.27. The number of hydrogen-bond acceptors (Lipinski definition) is 2. The molecule has 0 bridgehead atoms. The third-order valence-corrected chi connectivity index (χ3v) is 6.27. The summed E-state index contributed by atoms with van der Waals surface area (Å²) in [4.78, 5) is 2.17. The monoisotopic (exact) mass is 420 g/mol. The Morgan fingerprint density at radius 2 is 1.86 bits per heavy atom. The van der Waals surface area contributed by atoms with Crippen LogP contribution in [0.5, 0.6) is 0 Å². The van der Waals surface area contributed by atoms with E-state index in [1.54, 1.807) is 29.5 Å². The largest absolute Gasteiger partial charge is 0.306 e. The maximum absolute atomic E-state index is 15.0. The van der Waals surface area contributed by atoms with Crippen LogP contribution >= 0.6 is 11.3 Å². The zero-order chi connectivity index (χ0) is 20.1. The van der Waals surface area contributed by atoms with Gasteiger partial charge >= 0.3 is 0 Å². The van der Waals surface area contributed by atoms with Gasteiger partial charge in [0.2, 0.25) is 0 Å². The molecule has 0 saturated heterocycles. The summed E-state index contributed by atoms with van der Waals surface area (Å²) in [6, 6.07) is 15.7. The SMILES string of the molecule is Cc1ccc(-c2ccc(F)cc2CC(F)c2ccc(CCCS(=O)O)cc2)s1. The molecule has 28 heavy (non-hydrogen) atoms. The molecule has 2 aromatic carbocycles. The van der Waals surface area contributed by atoms with Gasteiger partial charge in [-0.05, 0) is 66.3 Å². The van der Waals surface area contributed by atoms with Gasteiger partial charge in [0.1, 0.15) is 12.0 Å². The van der Waals surface area contributed by atoms with E-state index in [0.717, 1.165) is 20.9 Å². The lowest BCUT2D eigenvalue weighted by Crippen LogP contribution is -2.01. The van der Waals surface area contributed by atoms with E-state index < -0.39 is 17.3 Å². The number of thiophene rings is 1. The van der Waals surface area contributed by atoms with Crippen molar-refractivity contribution in [3.05, 3.63) is 82.0 Å². The van der Waals surface area contributed by atoms with E-state index in [2.05, 4.69) is 0 Å². The van der Waals surface area contributed by atoms with E-state index in [9.17, 15) is 13.0 Å². The van der Waals surface area contributed by atoms with Crippen molar-refractivity contribution in [2.75, 3.05) is 5.75 Å². The first kappa shape index (κ1) is 20.8. The van der Waals surface area contributed by atoms with Gasteiger partial charge in [-0.15, -0.1) is 11.3 Å². The Morgan fingerprint density at radius 1 is 1.11 bits per heavy atom. The summed E-state index contributed by atoms with van der Waals surface area (Å²) in [5.41, 5.74) is 3.08. The first-order valence-corrected chi connectivity index (χ1v) is 11.2. The third kappa shape index (κ3) is 5.56. The van der Waals surface area contributed by atoms with Crippen molar-refractivity contribution in [1.82, 2.24) is 0 Å². The molecule has 0 aliphatic heterocycles. The number of benzene rings is 2. The second kappa shape index (κ2) is 9.54. The Hall–Kier alpha value is -1.89. The molecule has 0 aliphatic carbocycles. The van der Waals surface area contributed by atoms with Crippen molar-refractivity contribution < 1.29 is 17.5 Å². The summed E-state index contributed by atoms with van der Waals surface area (Å²) in [6.07, 6.45) is 0.150. The van der Waals surface area contributed by atoms with Gasteiger partial charge in [0.25, 0.3) is 0 Å². The smallest absolute Gasteiger partial charge is 0.152 e. The van der Waals surface area contributed by atoms with E-state index >= 15 is 0 Å². The molecule has 1 aromatic heterocycles. The van der Waals surface area contributed by atoms with Crippen molar-refractivity contribution >= 4 is 22.4 Å². The Kier molecular flexibility index (Phi) is 7.10. The van der Waals surface area contributed by atoms with Crippen LogP contribution in [0.3, 0.4) is 0 Å². The van der Waals surface area contributed by atoms with Crippen LogP contribution in [0, 0.1) is 12.7 Å². The van der Waals surface area contributed by atoms with E-state index in [1.807, 2.05) is 31.2 Å². The lowest BCUT2D eigenvalue weighted by atomic mass is 9.96. The molecule has 1 N–H and O–H groups in total. The molecule has 2 atom stereocenters. The molecule has 1 heterocycles. The first-order valence-electron chi connectivity index (χ1n) is 9.08. The Balaban J connectivity index is 1.73.